The molecule has 1 N–H and O–H groups in total. The summed E-state index contributed by atoms with van der Waals surface area (Å²) in [6.07, 6.45) is 3.48. The number of benzene rings is 1. The molecular weight excluding hydrogens is 254 g/mol. The second-order valence-electron chi connectivity index (χ2n) is 3.55. The molecule has 0 fully saturated rings. The quantitative estimate of drug-likeness (QED) is 0.861. The Morgan fingerprint density at radius 3 is 2.94 bits per heavy atom. The van der Waals surface area contributed by atoms with E-state index in [1.54, 1.807) is 30.1 Å². The van der Waals surface area contributed by atoms with Gasteiger partial charge in [-0.25, -0.2) is 4.68 Å². The minimum absolute atomic E-state index is 0.0890. The summed E-state index contributed by atoms with van der Waals surface area (Å²) in [5.41, 5.74) is 1.41. The molecule has 94 valence electrons. The van der Waals surface area contributed by atoms with Gasteiger partial charge in [-0.1, -0.05) is 0 Å². The van der Waals surface area contributed by atoms with Crippen LogP contribution in [0, 0.1) is 0 Å². The van der Waals surface area contributed by atoms with Gasteiger partial charge in [0.05, 0.1) is 12.8 Å². The van der Waals surface area contributed by atoms with Gasteiger partial charge < -0.3 is 10.1 Å². The standard InChI is InChI=1S/C12H12ClN3O2/c1-18-11-6-9(15-12(17)8-13)5-10(7-11)16-4-2-3-14-16/h2-7H,8H2,1H3,(H,15,17). The number of methoxy groups -OCH3 is 1. The molecule has 1 aromatic carbocycles. The van der Waals surface area contributed by atoms with E-state index in [4.69, 9.17) is 16.3 Å². The van der Waals surface area contributed by atoms with Gasteiger partial charge in [0.1, 0.15) is 11.6 Å². The van der Waals surface area contributed by atoms with Crippen LogP contribution in [0.5, 0.6) is 5.75 Å². The zero-order valence-corrected chi connectivity index (χ0v) is 10.5. The van der Waals surface area contributed by atoms with Crippen LogP contribution in [0.2, 0.25) is 0 Å². The van der Waals surface area contributed by atoms with Crippen LogP contribution >= 0.6 is 11.6 Å². The van der Waals surface area contributed by atoms with E-state index in [0.717, 1.165) is 5.69 Å². The van der Waals surface area contributed by atoms with Crippen LogP contribution in [0.1, 0.15) is 0 Å². The second-order valence-corrected chi connectivity index (χ2v) is 3.82. The molecule has 1 amide bonds. The van der Waals surface area contributed by atoms with E-state index in [1.165, 1.54) is 0 Å². The third kappa shape index (κ3) is 2.81. The number of hydrogen-bond acceptors (Lipinski definition) is 3. The monoisotopic (exact) mass is 265 g/mol. The molecule has 0 radical (unpaired) electrons. The number of ether oxygens (including phenoxy) is 1. The van der Waals surface area contributed by atoms with E-state index in [1.807, 2.05) is 18.3 Å². The lowest BCUT2D eigenvalue weighted by Crippen LogP contribution is -2.13. The number of nitrogens with zero attached hydrogens (tertiary/aromatic N) is 2. The lowest BCUT2D eigenvalue weighted by atomic mass is 10.2. The zero-order chi connectivity index (χ0) is 13.0. The van der Waals surface area contributed by atoms with Crippen molar-refractivity contribution in [3.05, 3.63) is 36.7 Å². The lowest BCUT2D eigenvalue weighted by molar-refractivity contribution is -0.113. The van der Waals surface area contributed by atoms with Crippen molar-refractivity contribution < 1.29 is 9.53 Å². The van der Waals surface area contributed by atoms with Crippen LogP contribution in [0.25, 0.3) is 5.69 Å². The maximum absolute atomic E-state index is 11.3. The van der Waals surface area contributed by atoms with Crippen molar-refractivity contribution in [2.45, 2.75) is 0 Å². The normalized spacial score (nSPS) is 10.1. The Balaban J connectivity index is 2.36. The number of alkyl halides is 1. The number of halogens is 1. The summed E-state index contributed by atoms with van der Waals surface area (Å²) in [4.78, 5) is 11.3. The van der Waals surface area contributed by atoms with E-state index in [9.17, 15) is 4.79 Å². The van der Waals surface area contributed by atoms with Crippen LogP contribution in [-0.2, 0) is 4.79 Å². The number of carbonyl (C=O) groups is 1. The summed E-state index contributed by atoms with van der Waals surface area (Å²) in [6, 6.07) is 7.15. The average Bonchev–Trinajstić information content (AvgIpc) is 2.92. The van der Waals surface area contributed by atoms with Gasteiger partial charge in [-0.3, -0.25) is 4.79 Å². The Kier molecular flexibility index (Phi) is 3.84. The average molecular weight is 266 g/mol. The highest BCUT2D eigenvalue weighted by atomic mass is 35.5. The first-order valence-corrected chi connectivity index (χ1v) is 5.81. The number of anilines is 1. The van der Waals surface area contributed by atoms with Crippen molar-refractivity contribution in [3.63, 3.8) is 0 Å². The predicted octanol–water partition coefficient (Wildman–Crippen LogP) is 2.06. The van der Waals surface area contributed by atoms with E-state index in [2.05, 4.69) is 10.4 Å². The molecule has 0 unspecified atom stereocenters. The fraction of sp³-hybridized carbons (Fsp3) is 0.167. The molecule has 0 atom stereocenters. The molecule has 2 aromatic rings. The molecular formula is C12H12ClN3O2. The van der Waals surface area contributed by atoms with Crippen LogP contribution in [-0.4, -0.2) is 28.7 Å². The summed E-state index contributed by atoms with van der Waals surface area (Å²) < 4.78 is 6.86. The SMILES string of the molecule is COc1cc(NC(=O)CCl)cc(-n2cccn2)c1. The third-order valence-corrected chi connectivity index (χ3v) is 2.54. The van der Waals surface area contributed by atoms with Gasteiger partial charge in [0.2, 0.25) is 5.91 Å². The first kappa shape index (κ1) is 12.4. The Morgan fingerprint density at radius 2 is 2.33 bits per heavy atom. The first-order chi connectivity index (χ1) is 8.72. The Hall–Kier alpha value is -2.01. The Labute approximate surface area is 109 Å². The minimum atomic E-state index is -0.267. The lowest BCUT2D eigenvalue weighted by Gasteiger charge is -2.09. The fourth-order valence-corrected chi connectivity index (χ4v) is 1.59. The first-order valence-electron chi connectivity index (χ1n) is 5.28. The highest BCUT2D eigenvalue weighted by Crippen LogP contribution is 2.23. The topological polar surface area (TPSA) is 56.1 Å². The number of carbonyl (C=O) groups excluding carboxylic acids is 1. The van der Waals surface area contributed by atoms with Crippen molar-refractivity contribution >= 4 is 23.2 Å². The summed E-state index contributed by atoms with van der Waals surface area (Å²) in [5.74, 6) is 0.276. The molecule has 2 rings (SSSR count). The number of rotatable bonds is 4. The van der Waals surface area contributed by atoms with E-state index >= 15 is 0 Å². The van der Waals surface area contributed by atoms with Crippen molar-refractivity contribution in [1.29, 1.82) is 0 Å². The largest absolute Gasteiger partial charge is 0.497 e. The maximum atomic E-state index is 11.3. The van der Waals surface area contributed by atoms with Crippen molar-refractivity contribution in [1.82, 2.24) is 9.78 Å². The maximum Gasteiger partial charge on any atom is 0.239 e. The molecule has 6 heteroatoms. The number of amides is 1. The highest BCUT2D eigenvalue weighted by molar-refractivity contribution is 6.29. The molecule has 1 aromatic heterocycles. The molecule has 0 aliphatic rings. The molecule has 5 nitrogen and oxygen atoms in total. The summed E-state index contributed by atoms with van der Waals surface area (Å²) in [5, 5.41) is 6.80. The molecule has 1 heterocycles. The van der Waals surface area contributed by atoms with Gasteiger partial charge in [-0.15, -0.1) is 11.6 Å². The second kappa shape index (κ2) is 5.55. The fourth-order valence-electron chi connectivity index (χ4n) is 1.52. The van der Waals surface area contributed by atoms with Gasteiger partial charge in [-0.2, -0.15) is 5.10 Å². The molecule has 0 aliphatic carbocycles. The smallest absolute Gasteiger partial charge is 0.239 e. The van der Waals surface area contributed by atoms with Crippen LogP contribution in [0.4, 0.5) is 5.69 Å². The Morgan fingerprint density at radius 1 is 1.50 bits per heavy atom. The third-order valence-electron chi connectivity index (χ3n) is 2.30. The zero-order valence-electron chi connectivity index (χ0n) is 9.76. The predicted molar refractivity (Wildman–Crippen MR) is 69.5 cm³/mol. The van der Waals surface area contributed by atoms with E-state index in [0.29, 0.717) is 11.4 Å². The van der Waals surface area contributed by atoms with Crippen molar-refractivity contribution in [2.24, 2.45) is 0 Å². The summed E-state index contributed by atoms with van der Waals surface area (Å²) in [7, 11) is 1.56. The van der Waals surface area contributed by atoms with Crippen molar-refractivity contribution in [2.75, 3.05) is 18.3 Å². The van der Waals surface area contributed by atoms with E-state index < -0.39 is 0 Å². The van der Waals surface area contributed by atoms with Crippen LogP contribution in [0.3, 0.4) is 0 Å². The molecule has 0 aliphatic heterocycles. The molecule has 0 spiro atoms. The summed E-state index contributed by atoms with van der Waals surface area (Å²) in [6.45, 7) is 0. The van der Waals surface area contributed by atoms with Crippen LogP contribution < -0.4 is 10.1 Å². The number of aromatic nitrogens is 2. The molecule has 0 saturated heterocycles. The van der Waals surface area contributed by atoms with Gasteiger partial charge in [0, 0.05) is 30.2 Å². The minimum Gasteiger partial charge on any atom is -0.497 e. The van der Waals surface area contributed by atoms with Gasteiger partial charge >= 0.3 is 0 Å². The molecule has 0 saturated carbocycles. The van der Waals surface area contributed by atoms with Gasteiger partial charge in [0.15, 0.2) is 0 Å². The molecule has 0 bridgehead atoms. The van der Waals surface area contributed by atoms with Gasteiger partial charge in [-0.05, 0) is 12.1 Å². The summed E-state index contributed by atoms with van der Waals surface area (Å²) >= 11 is 5.45. The van der Waals surface area contributed by atoms with Gasteiger partial charge in [0.25, 0.3) is 0 Å². The number of hydrogen-bond donors (Lipinski definition) is 1. The van der Waals surface area contributed by atoms with E-state index in [-0.39, 0.29) is 11.8 Å². The number of nitrogens with one attached hydrogen (secondary N) is 1. The van der Waals surface area contributed by atoms with Crippen molar-refractivity contribution in [3.8, 4) is 11.4 Å². The Bertz CT molecular complexity index is 540. The van der Waals surface area contributed by atoms with Crippen LogP contribution in [0.15, 0.2) is 36.7 Å². The highest BCUT2D eigenvalue weighted by Gasteiger charge is 2.06. The molecule has 18 heavy (non-hydrogen) atoms.